The number of alkyl halides is 3. The molecule has 1 heterocycles. The number of nitrogens with zero attached hydrogens (tertiary/aromatic N) is 1. The number of carbonyl (C=O) groups excluding carboxylic acids is 1. The van der Waals surface area contributed by atoms with E-state index in [0.29, 0.717) is 32.5 Å². The van der Waals surface area contributed by atoms with Crippen molar-refractivity contribution in [2.75, 3.05) is 26.2 Å². The lowest BCUT2D eigenvalue weighted by Crippen LogP contribution is -2.37. The van der Waals surface area contributed by atoms with Crippen molar-refractivity contribution in [2.45, 2.75) is 25.3 Å². The maximum absolute atomic E-state index is 12.0. The van der Waals surface area contributed by atoms with Crippen LogP contribution in [0.1, 0.15) is 12.0 Å². The lowest BCUT2D eigenvalue weighted by atomic mass is 10.1. The molecule has 8 heteroatoms. The third-order valence-electron chi connectivity index (χ3n) is 3.51. The van der Waals surface area contributed by atoms with Gasteiger partial charge in [0.2, 0.25) is 5.91 Å². The van der Waals surface area contributed by atoms with Crippen LogP contribution in [-0.4, -0.2) is 54.6 Å². The molecule has 2 N–H and O–H groups in total. The molecule has 0 saturated carbocycles. The Morgan fingerprint density at radius 2 is 2.04 bits per heavy atom. The predicted molar refractivity (Wildman–Crippen MR) is 76.9 cm³/mol. The predicted octanol–water partition coefficient (Wildman–Crippen LogP) is 1.31. The summed E-state index contributed by atoms with van der Waals surface area (Å²) in [5, 5.41) is 12.1. The molecule has 128 valence electrons. The van der Waals surface area contributed by atoms with E-state index in [1.807, 2.05) is 4.90 Å². The zero-order valence-corrected chi connectivity index (χ0v) is 12.5. The van der Waals surface area contributed by atoms with Crippen molar-refractivity contribution in [1.29, 1.82) is 0 Å². The number of aliphatic hydroxyl groups is 1. The Morgan fingerprint density at radius 3 is 2.61 bits per heavy atom. The summed E-state index contributed by atoms with van der Waals surface area (Å²) < 4.78 is 39.9. The van der Waals surface area contributed by atoms with Crippen LogP contribution < -0.4 is 10.1 Å². The van der Waals surface area contributed by atoms with E-state index in [2.05, 4.69) is 10.1 Å². The minimum atomic E-state index is -4.70. The topological polar surface area (TPSA) is 61.8 Å². The number of β-amino-alcohol motifs (C(OH)–C–C–N with tert-alkyl or cyclic N) is 1. The molecule has 0 unspecified atom stereocenters. The lowest BCUT2D eigenvalue weighted by Gasteiger charge is -2.14. The highest BCUT2D eigenvalue weighted by molar-refractivity contribution is 5.78. The largest absolute Gasteiger partial charge is 0.573 e. The Kier molecular flexibility index (Phi) is 5.84. The first-order valence-corrected chi connectivity index (χ1v) is 7.33. The molecular weight excluding hydrogens is 313 g/mol. The van der Waals surface area contributed by atoms with Crippen molar-refractivity contribution in [1.82, 2.24) is 10.2 Å². The van der Waals surface area contributed by atoms with E-state index < -0.39 is 6.36 Å². The molecule has 2 rings (SSSR count). The first kappa shape index (κ1) is 17.6. The van der Waals surface area contributed by atoms with Crippen LogP contribution in [0.3, 0.4) is 0 Å². The van der Waals surface area contributed by atoms with E-state index in [4.69, 9.17) is 0 Å². The lowest BCUT2D eigenvalue weighted by molar-refractivity contribution is -0.274. The number of aliphatic hydroxyl groups excluding tert-OH is 1. The summed E-state index contributed by atoms with van der Waals surface area (Å²) in [6, 6.07) is 5.56. The maximum atomic E-state index is 12.0. The molecule has 1 amide bonds. The molecule has 1 aromatic carbocycles. The summed E-state index contributed by atoms with van der Waals surface area (Å²) in [6.07, 6.45) is -3.86. The number of ether oxygens (including phenoxy) is 1. The second-order valence-corrected chi connectivity index (χ2v) is 5.47. The van der Waals surface area contributed by atoms with E-state index in [-0.39, 0.29) is 24.3 Å². The SMILES string of the molecule is O=C(CN1CC[C@H](O)C1)NCCc1ccc(OC(F)(F)F)cc1. The second kappa shape index (κ2) is 7.65. The zero-order chi connectivity index (χ0) is 16.9. The normalized spacial score (nSPS) is 18.9. The maximum Gasteiger partial charge on any atom is 0.573 e. The zero-order valence-electron chi connectivity index (χ0n) is 12.5. The molecule has 0 spiro atoms. The van der Waals surface area contributed by atoms with Crippen molar-refractivity contribution < 1.29 is 27.8 Å². The van der Waals surface area contributed by atoms with Crippen molar-refractivity contribution in [3.05, 3.63) is 29.8 Å². The van der Waals surface area contributed by atoms with Gasteiger partial charge in [-0.15, -0.1) is 13.2 Å². The van der Waals surface area contributed by atoms with Gasteiger partial charge in [0.15, 0.2) is 0 Å². The number of nitrogens with one attached hydrogen (secondary N) is 1. The minimum absolute atomic E-state index is 0.129. The van der Waals surface area contributed by atoms with Gasteiger partial charge in [-0.1, -0.05) is 12.1 Å². The highest BCUT2D eigenvalue weighted by Crippen LogP contribution is 2.22. The number of benzene rings is 1. The quantitative estimate of drug-likeness (QED) is 0.825. The second-order valence-electron chi connectivity index (χ2n) is 5.47. The van der Waals surface area contributed by atoms with Crippen molar-refractivity contribution >= 4 is 5.91 Å². The number of hydrogen-bond donors (Lipinski definition) is 2. The first-order valence-electron chi connectivity index (χ1n) is 7.33. The number of amides is 1. The van der Waals surface area contributed by atoms with E-state index in [0.717, 1.165) is 5.56 Å². The van der Waals surface area contributed by atoms with Gasteiger partial charge >= 0.3 is 6.36 Å². The average molecular weight is 332 g/mol. The van der Waals surface area contributed by atoms with Gasteiger partial charge in [-0.3, -0.25) is 9.69 Å². The molecule has 1 aromatic rings. The van der Waals surface area contributed by atoms with Gasteiger partial charge in [0, 0.05) is 19.6 Å². The number of rotatable bonds is 6. The van der Waals surface area contributed by atoms with Gasteiger partial charge in [0.25, 0.3) is 0 Å². The van der Waals surface area contributed by atoms with Gasteiger partial charge in [0.05, 0.1) is 12.6 Å². The highest BCUT2D eigenvalue weighted by atomic mass is 19.4. The fourth-order valence-corrected chi connectivity index (χ4v) is 2.42. The molecule has 1 aliphatic heterocycles. The molecule has 1 saturated heterocycles. The molecule has 1 fully saturated rings. The standard InChI is InChI=1S/C15H19F3N2O3/c16-15(17,18)23-13-3-1-11(2-4-13)5-7-19-14(22)10-20-8-6-12(21)9-20/h1-4,12,21H,5-10H2,(H,19,22)/t12-/m0/s1. The molecule has 1 atom stereocenters. The number of halogens is 3. The minimum Gasteiger partial charge on any atom is -0.406 e. The highest BCUT2D eigenvalue weighted by Gasteiger charge is 2.30. The van der Waals surface area contributed by atoms with Crippen molar-refractivity contribution in [3.63, 3.8) is 0 Å². The molecule has 0 bridgehead atoms. The average Bonchev–Trinajstić information content (AvgIpc) is 2.84. The molecule has 23 heavy (non-hydrogen) atoms. The Hall–Kier alpha value is -1.80. The van der Waals surface area contributed by atoms with Gasteiger partial charge in [-0.05, 0) is 30.5 Å². The fourth-order valence-electron chi connectivity index (χ4n) is 2.42. The molecule has 0 aromatic heterocycles. The van der Waals surface area contributed by atoms with Crippen LogP contribution in [0.25, 0.3) is 0 Å². The van der Waals surface area contributed by atoms with Crippen molar-refractivity contribution in [3.8, 4) is 5.75 Å². The fraction of sp³-hybridized carbons (Fsp3) is 0.533. The van der Waals surface area contributed by atoms with Crippen LogP contribution in [0.4, 0.5) is 13.2 Å². The van der Waals surface area contributed by atoms with Gasteiger partial charge < -0.3 is 15.2 Å². The van der Waals surface area contributed by atoms with Gasteiger partial charge in [-0.25, -0.2) is 0 Å². The van der Waals surface area contributed by atoms with Crippen LogP contribution in [0.5, 0.6) is 5.75 Å². The Balaban J connectivity index is 1.68. The third-order valence-corrected chi connectivity index (χ3v) is 3.51. The van der Waals surface area contributed by atoms with E-state index in [9.17, 15) is 23.1 Å². The molecule has 0 aliphatic carbocycles. The number of hydrogen-bond acceptors (Lipinski definition) is 4. The van der Waals surface area contributed by atoms with Crippen molar-refractivity contribution in [2.24, 2.45) is 0 Å². The first-order chi connectivity index (χ1) is 10.8. The molecule has 5 nitrogen and oxygen atoms in total. The smallest absolute Gasteiger partial charge is 0.406 e. The summed E-state index contributed by atoms with van der Waals surface area (Å²) >= 11 is 0. The van der Waals surface area contributed by atoms with E-state index in [1.165, 1.54) is 24.3 Å². The third kappa shape index (κ3) is 6.45. The summed E-state index contributed by atoms with van der Waals surface area (Å²) in [5.74, 6) is -0.394. The summed E-state index contributed by atoms with van der Waals surface area (Å²) in [6.45, 7) is 1.85. The van der Waals surface area contributed by atoms with Crippen LogP contribution in [0.2, 0.25) is 0 Å². The van der Waals surface area contributed by atoms with Crippen LogP contribution in [0.15, 0.2) is 24.3 Å². The summed E-state index contributed by atoms with van der Waals surface area (Å²) in [4.78, 5) is 13.6. The van der Waals surface area contributed by atoms with Crippen LogP contribution in [0, 0.1) is 0 Å². The number of likely N-dealkylation sites (tertiary alicyclic amines) is 1. The number of carbonyl (C=O) groups is 1. The van der Waals surface area contributed by atoms with Crippen LogP contribution >= 0.6 is 0 Å². The monoisotopic (exact) mass is 332 g/mol. The van der Waals surface area contributed by atoms with Gasteiger partial charge in [0.1, 0.15) is 5.75 Å². The molecular formula is C15H19F3N2O3. The van der Waals surface area contributed by atoms with Crippen LogP contribution in [-0.2, 0) is 11.2 Å². The van der Waals surface area contributed by atoms with E-state index in [1.54, 1.807) is 0 Å². The summed E-state index contributed by atoms with van der Waals surface area (Å²) in [5.41, 5.74) is 0.802. The Morgan fingerprint density at radius 1 is 1.35 bits per heavy atom. The van der Waals surface area contributed by atoms with Gasteiger partial charge in [-0.2, -0.15) is 0 Å². The van der Waals surface area contributed by atoms with E-state index >= 15 is 0 Å². The molecule has 0 radical (unpaired) electrons. The summed E-state index contributed by atoms with van der Waals surface area (Å²) in [7, 11) is 0. The molecule has 1 aliphatic rings. The Bertz CT molecular complexity index is 520. The Labute approximate surface area is 132 Å².